The van der Waals surface area contributed by atoms with E-state index in [0.29, 0.717) is 11.4 Å². The van der Waals surface area contributed by atoms with Crippen molar-refractivity contribution in [3.63, 3.8) is 0 Å². The molecule has 21 heavy (non-hydrogen) atoms. The average Bonchev–Trinajstić information content (AvgIpc) is 2.91. The van der Waals surface area contributed by atoms with Gasteiger partial charge in [0.15, 0.2) is 0 Å². The second-order valence-corrected chi connectivity index (χ2v) is 5.24. The number of rotatable bonds is 4. The van der Waals surface area contributed by atoms with Gasteiger partial charge in [0.05, 0.1) is 24.9 Å². The first kappa shape index (κ1) is 13.9. The molecule has 1 aromatic carbocycles. The van der Waals surface area contributed by atoms with E-state index in [2.05, 4.69) is 5.10 Å². The van der Waals surface area contributed by atoms with E-state index in [0.717, 1.165) is 22.4 Å². The molecule has 2 heterocycles. The zero-order chi connectivity index (χ0) is 14.8. The van der Waals surface area contributed by atoms with Gasteiger partial charge in [0, 0.05) is 23.2 Å². The van der Waals surface area contributed by atoms with Crippen LogP contribution in [-0.4, -0.2) is 21.8 Å². The number of fused-ring (bicyclic) bond motifs is 1. The number of pyridine rings is 1. The standard InChI is InChI=1S/C16H15ClN2O2/c1-21-16-6-5-12(17)8-11(16)9-15(20)13-10-18-19-7-3-2-4-14(13)19/h2-8,10,15,20H,9H2,1H3. The van der Waals surface area contributed by atoms with Crippen LogP contribution in [0.25, 0.3) is 5.52 Å². The highest BCUT2D eigenvalue weighted by molar-refractivity contribution is 6.30. The van der Waals surface area contributed by atoms with Crippen molar-refractivity contribution in [1.82, 2.24) is 9.61 Å². The molecule has 108 valence electrons. The summed E-state index contributed by atoms with van der Waals surface area (Å²) in [6.07, 6.45) is 3.29. The lowest BCUT2D eigenvalue weighted by atomic mass is 10.0. The topological polar surface area (TPSA) is 46.8 Å². The minimum absolute atomic E-state index is 0.417. The predicted octanol–water partition coefficient (Wildman–Crippen LogP) is 3.27. The summed E-state index contributed by atoms with van der Waals surface area (Å²) in [5.41, 5.74) is 2.55. The van der Waals surface area contributed by atoms with Crippen LogP contribution in [0.4, 0.5) is 0 Å². The summed E-state index contributed by atoms with van der Waals surface area (Å²) in [7, 11) is 1.61. The zero-order valence-electron chi connectivity index (χ0n) is 11.5. The summed E-state index contributed by atoms with van der Waals surface area (Å²) in [5, 5.41) is 15.4. The van der Waals surface area contributed by atoms with Crippen molar-refractivity contribution in [1.29, 1.82) is 0 Å². The van der Waals surface area contributed by atoms with Crippen molar-refractivity contribution >= 4 is 17.1 Å². The van der Waals surface area contributed by atoms with E-state index in [9.17, 15) is 5.11 Å². The summed E-state index contributed by atoms with van der Waals surface area (Å²) >= 11 is 6.02. The third-order valence-electron chi connectivity index (χ3n) is 3.47. The molecule has 2 aromatic heterocycles. The van der Waals surface area contributed by atoms with Crippen LogP contribution < -0.4 is 4.74 Å². The number of benzene rings is 1. The summed E-state index contributed by atoms with van der Waals surface area (Å²) in [4.78, 5) is 0. The maximum Gasteiger partial charge on any atom is 0.122 e. The fourth-order valence-corrected chi connectivity index (χ4v) is 2.63. The summed E-state index contributed by atoms with van der Waals surface area (Å²) in [6.45, 7) is 0. The number of hydrogen-bond acceptors (Lipinski definition) is 3. The highest BCUT2D eigenvalue weighted by Gasteiger charge is 2.16. The van der Waals surface area contributed by atoms with E-state index in [4.69, 9.17) is 16.3 Å². The molecule has 5 heteroatoms. The lowest BCUT2D eigenvalue weighted by Crippen LogP contribution is -2.03. The second kappa shape index (κ2) is 5.76. The Morgan fingerprint density at radius 2 is 2.19 bits per heavy atom. The Hall–Kier alpha value is -2.04. The van der Waals surface area contributed by atoms with Gasteiger partial charge in [-0.2, -0.15) is 5.10 Å². The van der Waals surface area contributed by atoms with Gasteiger partial charge >= 0.3 is 0 Å². The molecule has 3 aromatic rings. The quantitative estimate of drug-likeness (QED) is 0.804. The van der Waals surface area contributed by atoms with Crippen molar-refractivity contribution in [3.05, 3.63) is 64.9 Å². The minimum atomic E-state index is -0.669. The number of hydrogen-bond donors (Lipinski definition) is 1. The molecule has 0 saturated carbocycles. The maximum absolute atomic E-state index is 10.5. The Morgan fingerprint density at radius 1 is 1.33 bits per heavy atom. The number of ether oxygens (including phenoxy) is 1. The van der Waals surface area contributed by atoms with Crippen LogP contribution in [0.2, 0.25) is 5.02 Å². The number of halogens is 1. The number of nitrogens with zero attached hydrogens (tertiary/aromatic N) is 2. The van der Waals surface area contributed by atoms with Gasteiger partial charge in [0.1, 0.15) is 5.75 Å². The van der Waals surface area contributed by atoms with Crippen molar-refractivity contribution in [2.75, 3.05) is 7.11 Å². The summed E-state index contributed by atoms with van der Waals surface area (Å²) in [5.74, 6) is 0.718. The molecular weight excluding hydrogens is 288 g/mol. The molecule has 1 atom stereocenters. The molecule has 0 aliphatic heterocycles. The van der Waals surface area contributed by atoms with Crippen LogP contribution in [0.1, 0.15) is 17.2 Å². The first-order valence-corrected chi connectivity index (χ1v) is 6.99. The minimum Gasteiger partial charge on any atom is -0.496 e. The molecule has 0 saturated heterocycles. The first-order valence-electron chi connectivity index (χ1n) is 6.62. The third-order valence-corrected chi connectivity index (χ3v) is 3.71. The number of aromatic nitrogens is 2. The molecular formula is C16H15ClN2O2. The molecule has 3 rings (SSSR count). The monoisotopic (exact) mass is 302 g/mol. The Balaban J connectivity index is 1.93. The van der Waals surface area contributed by atoms with E-state index in [1.54, 1.807) is 30.0 Å². The smallest absolute Gasteiger partial charge is 0.122 e. The Bertz CT molecular complexity index is 770. The van der Waals surface area contributed by atoms with Crippen molar-refractivity contribution in [3.8, 4) is 5.75 Å². The highest BCUT2D eigenvalue weighted by atomic mass is 35.5. The zero-order valence-corrected chi connectivity index (χ0v) is 12.3. The molecule has 4 nitrogen and oxygen atoms in total. The Labute approximate surface area is 127 Å². The van der Waals surface area contributed by atoms with Gasteiger partial charge < -0.3 is 9.84 Å². The predicted molar refractivity (Wildman–Crippen MR) is 81.9 cm³/mol. The fourth-order valence-electron chi connectivity index (χ4n) is 2.44. The lowest BCUT2D eigenvalue weighted by Gasteiger charge is -2.13. The molecule has 0 aliphatic carbocycles. The van der Waals surface area contributed by atoms with Gasteiger partial charge in [-0.3, -0.25) is 0 Å². The lowest BCUT2D eigenvalue weighted by molar-refractivity contribution is 0.178. The van der Waals surface area contributed by atoms with Gasteiger partial charge in [0.2, 0.25) is 0 Å². The second-order valence-electron chi connectivity index (χ2n) is 4.81. The van der Waals surface area contributed by atoms with Crippen molar-refractivity contribution in [2.24, 2.45) is 0 Å². The van der Waals surface area contributed by atoms with Gasteiger partial charge in [-0.05, 0) is 35.9 Å². The van der Waals surface area contributed by atoms with Crippen LogP contribution in [-0.2, 0) is 6.42 Å². The summed E-state index contributed by atoms with van der Waals surface area (Å²) in [6, 6.07) is 11.1. The normalized spacial score (nSPS) is 12.5. The highest BCUT2D eigenvalue weighted by Crippen LogP contribution is 2.29. The molecule has 0 bridgehead atoms. The van der Waals surface area contributed by atoms with Crippen molar-refractivity contribution < 1.29 is 9.84 Å². The van der Waals surface area contributed by atoms with Crippen LogP contribution in [0.15, 0.2) is 48.8 Å². The molecule has 0 spiro atoms. The van der Waals surface area contributed by atoms with Gasteiger partial charge in [-0.15, -0.1) is 0 Å². The number of methoxy groups -OCH3 is 1. The number of aliphatic hydroxyl groups excluding tert-OH is 1. The Morgan fingerprint density at radius 3 is 3.00 bits per heavy atom. The maximum atomic E-state index is 10.5. The van der Waals surface area contributed by atoms with Crippen LogP contribution >= 0.6 is 11.6 Å². The molecule has 1 unspecified atom stereocenters. The molecule has 0 radical (unpaired) electrons. The molecule has 1 N–H and O–H groups in total. The Kier molecular flexibility index (Phi) is 3.82. The van der Waals surface area contributed by atoms with E-state index in [-0.39, 0.29) is 0 Å². The van der Waals surface area contributed by atoms with Crippen LogP contribution in [0.3, 0.4) is 0 Å². The van der Waals surface area contributed by atoms with Gasteiger partial charge in [-0.1, -0.05) is 17.7 Å². The van der Waals surface area contributed by atoms with Crippen molar-refractivity contribution in [2.45, 2.75) is 12.5 Å². The van der Waals surface area contributed by atoms with Gasteiger partial charge in [0.25, 0.3) is 0 Å². The van der Waals surface area contributed by atoms with E-state index < -0.39 is 6.10 Å². The average molecular weight is 303 g/mol. The van der Waals surface area contributed by atoms with Crippen LogP contribution in [0, 0.1) is 0 Å². The first-order chi connectivity index (χ1) is 10.2. The molecule has 0 amide bonds. The van der Waals surface area contributed by atoms with Crippen LogP contribution in [0.5, 0.6) is 5.75 Å². The van der Waals surface area contributed by atoms with E-state index >= 15 is 0 Å². The molecule has 0 fully saturated rings. The fraction of sp³-hybridized carbons (Fsp3) is 0.188. The SMILES string of the molecule is COc1ccc(Cl)cc1CC(O)c1cnn2ccccc12. The largest absolute Gasteiger partial charge is 0.496 e. The van der Waals surface area contributed by atoms with Gasteiger partial charge in [-0.25, -0.2) is 4.52 Å². The van der Waals surface area contributed by atoms with E-state index in [1.165, 1.54) is 0 Å². The summed E-state index contributed by atoms with van der Waals surface area (Å²) < 4.78 is 7.06. The number of aliphatic hydroxyl groups is 1. The molecule has 0 aliphatic rings. The third kappa shape index (κ3) is 2.73. The van der Waals surface area contributed by atoms with E-state index in [1.807, 2.05) is 30.5 Å².